The lowest BCUT2D eigenvalue weighted by atomic mass is 9.81. The number of nitrogens with zero attached hydrogens (tertiary/aromatic N) is 4. The Morgan fingerprint density at radius 2 is 0.657 bits per heavy atom. The molecule has 0 N–H and O–H groups in total. The summed E-state index contributed by atoms with van der Waals surface area (Å²) in [6, 6.07) is 78.0. The average Bonchev–Trinajstić information content (AvgIpc) is 3.62. The van der Waals surface area contributed by atoms with Crippen LogP contribution in [0.4, 0.5) is 0 Å². The molecule has 0 spiro atoms. The number of rotatable bonds is 6. The maximum Gasteiger partial charge on any atom is 0.160 e. The highest BCUT2D eigenvalue weighted by atomic mass is 14.9. The van der Waals surface area contributed by atoms with Crippen molar-refractivity contribution in [1.82, 2.24) is 19.9 Å². The first kappa shape index (κ1) is 38.8. The summed E-state index contributed by atoms with van der Waals surface area (Å²) in [5.41, 5.74) is 17.4. The van der Waals surface area contributed by atoms with Crippen LogP contribution in [0.5, 0.6) is 0 Å². The van der Waals surface area contributed by atoms with E-state index >= 15 is 0 Å². The number of para-hydroxylation sites is 2. The third-order valence-electron chi connectivity index (χ3n) is 13.8. The van der Waals surface area contributed by atoms with Crippen LogP contribution in [0.2, 0.25) is 0 Å². The van der Waals surface area contributed by atoms with Gasteiger partial charge >= 0.3 is 0 Å². The molecule has 2 aromatic heterocycles. The molecule has 4 nitrogen and oxygen atoms in total. The summed E-state index contributed by atoms with van der Waals surface area (Å²) in [5, 5.41) is 6.75. The largest absolute Gasteiger partial charge is 0.228 e. The Morgan fingerprint density at radius 3 is 1.10 bits per heavy atom. The van der Waals surface area contributed by atoms with Crippen molar-refractivity contribution in [3.05, 3.63) is 230 Å². The summed E-state index contributed by atoms with van der Waals surface area (Å²) in [6.07, 6.45) is 0. The molecule has 1 aliphatic rings. The van der Waals surface area contributed by atoms with Crippen molar-refractivity contribution in [2.45, 2.75) is 19.3 Å². The topological polar surface area (TPSA) is 51.6 Å². The molecular formula is C63H42N4. The molecule has 12 aromatic rings. The third-order valence-corrected chi connectivity index (χ3v) is 13.8. The lowest BCUT2D eigenvalue weighted by molar-refractivity contribution is 0.661. The molecule has 314 valence electrons. The van der Waals surface area contributed by atoms with E-state index in [1.54, 1.807) is 0 Å². The van der Waals surface area contributed by atoms with Crippen LogP contribution < -0.4 is 0 Å². The first-order valence-electron chi connectivity index (χ1n) is 22.9. The number of benzene rings is 10. The summed E-state index contributed by atoms with van der Waals surface area (Å²) in [4.78, 5) is 21.0. The Balaban J connectivity index is 0.882. The fraction of sp³-hybridized carbons (Fsp3) is 0.0476. The van der Waals surface area contributed by atoms with Crippen LogP contribution in [0.25, 0.3) is 122 Å². The molecule has 0 unspecified atom stereocenters. The fourth-order valence-corrected chi connectivity index (χ4v) is 10.3. The molecule has 0 amide bonds. The summed E-state index contributed by atoms with van der Waals surface area (Å²) in [6.45, 7) is 4.69. The van der Waals surface area contributed by atoms with E-state index < -0.39 is 0 Å². The SMILES string of the molecule is CC1(C)c2cc(-c3nc(-c4ccc5ccc(-c6ccccc6)cc5c4)nc4ccccc34)ccc2-c2ccc(-c3nc(-c4ccc5ccc(-c6ccccc6)cc5c4)nc4ccccc34)cc21. The lowest BCUT2D eigenvalue weighted by Crippen LogP contribution is -2.15. The van der Waals surface area contributed by atoms with Gasteiger partial charge in [0.25, 0.3) is 0 Å². The minimum atomic E-state index is -0.294. The molecular weight excluding hydrogens is 813 g/mol. The van der Waals surface area contributed by atoms with Gasteiger partial charge in [-0.05, 0) is 115 Å². The third kappa shape index (κ3) is 6.60. The van der Waals surface area contributed by atoms with E-state index in [4.69, 9.17) is 19.9 Å². The standard InChI is InChI=1S/C63H42N4/c1-63(2)55-37-45(59-53-17-9-11-19-57(53)64-61(66-59)47-27-23-41-21-25-43(33-49(41)35-47)39-13-5-3-6-14-39)29-31-51(55)52-32-30-46(38-56(52)63)60-54-18-10-12-20-58(54)65-62(67-60)48-28-24-42-22-26-44(34-50(42)36-48)40-15-7-4-8-16-40/h3-38H,1-2H3. The molecule has 0 radical (unpaired) electrons. The fourth-order valence-electron chi connectivity index (χ4n) is 10.3. The van der Waals surface area contributed by atoms with Crippen LogP contribution in [0.1, 0.15) is 25.0 Å². The van der Waals surface area contributed by atoms with E-state index in [-0.39, 0.29) is 5.41 Å². The van der Waals surface area contributed by atoms with Crippen molar-refractivity contribution in [1.29, 1.82) is 0 Å². The van der Waals surface area contributed by atoms with E-state index in [0.717, 1.165) is 66.2 Å². The molecule has 0 bridgehead atoms. The van der Waals surface area contributed by atoms with Gasteiger partial charge in [0, 0.05) is 38.4 Å². The maximum atomic E-state index is 5.38. The van der Waals surface area contributed by atoms with Gasteiger partial charge in [0.1, 0.15) is 0 Å². The number of hydrogen-bond donors (Lipinski definition) is 0. The zero-order chi connectivity index (χ0) is 44.6. The van der Waals surface area contributed by atoms with Crippen molar-refractivity contribution in [3.8, 4) is 78.7 Å². The number of aromatic nitrogens is 4. The first-order chi connectivity index (χ1) is 32.9. The van der Waals surface area contributed by atoms with Crippen LogP contribution >= 0.6 is 0 Å². The van der Waals surface area contributed by atoms with E-state index in [1.807, 2.05) is 0 Å². The Kier molecular flexibility index (Phi) is 8.84. The van der Waals surface area contributed by atoms with Gasteiger partial charge in [0.15, 0.2) is 11.6 Å². The molecule has 0 fully saturated rings. The van der Waals surface area contributed by atoms with Gasteiger partial charge < -0.3 is 0 Å². The second kappa shape index (κ2) is 15.3. The van der Waals surface area contributed by atoms with Crippen LogP contribution in [-0.4, -0.2) is 19.9 Å². The smallest absolute Gasteiger partial charge is 0.160 e. The predicted molar refractivity (Wildman–Crippen MR) is 278 cm³/mol. The monoisotopic (exact) mass is 854 g/mol. The van der Waals surface area contributed by atoms with E-state index in [9.17, 15) is 0 Å². The van der Waals surface area contributed by atoms with Crippen molar-refractivity contribution >= 4 is 43.4 Å². The Morgan fingerprint density at radius 1 is 0.284 bits per heavy atom. The second-order valence-electron chi connectivity index (χ2n) is 18.3. The molecule has 67 heavy (non-hydrogen) atoms. The van der Waals surface area contributed by atoms with Crippen LogP contribution in [0, 0.1) is 0 Å². The Hall–Kier alpha value is -8.60. The van der Waals surface area contributed by atoms with Crippen molar-refractivity contribution < 1.29 is 0 Å². The Labute approximate surface area is 389 Å². The van der Waals surface area contributed by atoms with Gasteiger partial charge in [-0.2, -0.15) is 0 Å². The summed E-state index contributed by atoms with van der Waals surface area (Å²) < 4.78 is 0. The second-order valence-corrected chi connectivity index (χ2v) is 18.3. The zero-order valence-corrected chi connectivity index (χ0v) is 37.1. The van der Waals surface area contributed by atoms with Gasteiger partial charge in [0.2, 0.25) is 0 Å². The molecule has 2 heterocycles. The average molecular weight is 855 g/mol. The minimum Gasteiger partial charge on any atom is -0.228 e. The van der Waals surface area contributed by atoms with Crippen LogP contribution in [-0.2, 0) is 5.41 Å². The van der Waals surface area contributed by atoms with Gasteiger partial charge in [-0.3, -0.25) is 0 Å². The minimum absolute atomic E-state index is 0.294. The number of hydrogen-bond acceptors (Lipinski definition) is 4. The highest BCUT2D eigenvalue weighted by molar-refractivity contribution is 5.99. The van der Waals surface area contributed by atoms with E-state index in [2.05, 4.69) is 232 Å². The molecule has 0 saturated carbocycles. The van der Waals surface area contributed by atoms with Crippen molar-refractivity contribution in [2.75, 3.05) is 0 Å². The molecule has 0 atom stereocenters. The first-order valence-corrected chi connectivity index (χ1v) is 22.9. The van der Waals surface area contributed by atoms with Crippen LogP contribution in [0.15, 0.2) is 218 Å². The Bertz CT molecular complexity index is 3690. The quantitative estimate of drug-likeness (QED) is 0.167. The van der Waals surface area contributed by atoms with Crippen LogP contribution in [0.3, 0.4) is 0 Å². The summed E-state index contributed by atoms with van der Waals surface area (Å²) in [7, 11) is 0. The maximum absolute atomic E-state index is 5.38. The zero-order valence-electron chi connectivity index (χ0n) is 37.1. The van der Waals surface area contributed by atoms with E-state index in [0.29, 0.717) is 11.6 Å². The molecule has 13 rings (SSSR count). The molecule has 0 saturated heterocycles. The molecule has 1 aliphatic carbocycles. The van der Waals surface area contributed by atoms with Gasteiger partial charge in [-0.1, -0.05) is 184 Å². The summed E-state index contributed by atoms with van der Waals surface area (Å²) >= 11 is 0. The molecule has 10 aromatic carbocycles. The molecule has 4 heteroatoms. The predicted octanol–water partition coefficient (Wildman–Crippen LogP) is 16.2. The van der Waals surface area contributed by atoms with E-state index in [1.165, 1.54) is 55.3 Å². The highest BCUT2D eigenvalue weighted by Gasteiger charge is 2.36. The van der Waals surface area contributed by atoms with Gasteiger partial charge in [0.05, 0.1) is 22.4 Å². The van der Waals surface area contributed by atoms with Gasteiger partial charge in [-0.15, -0.1) is 0 Å². The van der Waals surface area contributed by atoms with Crippen molar-refractivity contribution in [2.24, 2.45) is 0 Å². The number of fused-ring (bicyclic) bond motifs is 7. The normalized spacial score (nSPS) is 12.7. The highest BCUT2D eigenvalue weighted by Crippen LogP contribution is 2.51. The lowest BCUT2D eigenvalue weighted by Gasteiger charge is -2.23. The van der Waals surface area contributed by atoms with Gasteiger partial charge in [-0.25, -0.2) is 19.9 Å². The summed E-state index contributed by atoms with van der Waals surface area (Å²) in [5.74, 6) is 1.43. The van der Waals surface area contributed by atoms with Crippen molar-refractivity contribution in [3.63, 3.8) is 0 Å². The molecule has 0 aliphatic heterocycles.